The molecule has 1 aliphatic rings. The van der Waals surface area contributed by atoms with Gasteiger partial charge < -0.3 is 25.6 Å². The lowest BCUT2D eigenvalue weighted by atomic mass is 9.94. The standard InChI is InChI=1S/C18H17BrN4O4/c19-11-6-23(17-13(11)16(20)21-7-22-17)12-5-10(14(24)15(12)25)8-1-3-9(4-2-8)18(26)27/h1-4,6-7,10,12,14-15,24-25H,5H2,(H,26,27)(H2,20,21,22)/t10-,12-,14-,15+/m0/s1. The average Bonchev–Trinajstić information content (AvgIpc) is 3.13. The van der Waals surface area contributed by atoms with Crippen LogP contribution in [0, 0.1) is 0 Å². The van der Waals surface area contributed by atoms with Crippen LogP contribution in [0.3, 0.4) is 0 Å². The zero-order chi connectivity index (χ0) is 19.3. The minimum absolute atomic E-state index is 0.177. The van der Waals surface area contributed by atoms with Crippen molar-refractivity contribution in [2.75, 3.05) is 5.73 Å². The fraction of sp³-hybridized carbons (Fsp3) is 0.278. The van der Waals surface area contributed by atoms with E-state index in [-0.39, 0.29) is 11.5 Å². The molecule has 3 aromatic rings. The van der Waals surface area contributed by atoms with Gasteiger partial charge in [0, 0.05) is 16.6 Å². The van der Waals surface area contributed by atoms with Crippen LogP contribution in [0.4, 0.5) is 5.82 Å². The molecule has 0 saturated heterocycles. The number of hydrogen-bond acceptors (Lipinski definition) is 6. The van der Waals surface area contributed by atoms with Crippen molar-refractivity contribution in [1.29, 1.82) is 0 Å². The number of rotatable bonds is 3. The number of nitrogen functional groups attached to an aromatic ring is 1. The highest BCUT2D eigenvalue weighted by molar-refractivity contribution is 9.10. The van der Waals surface area contributed by atoms with Crippen LogP contribution in [-0.2, 0) is 0 Å². The molecule has 1 aromatic carbocycles. The average molecular weight is 433 g/mol. The van der Waals surface area contributed by atoms with Gasteiger partial charge in [0.05, 0.1) is 23.1 Å². The highest BCUT2D eigenvalue weighted by Gasteiger charge is 2.43. The molecule has 2 heterocycles. The lowest BCUT2D eigenvalue weighted by Gasteiger charge is -2.19. The van der Waals surface area contributed by atoms with E-state index >= 15 is 0 Å². The molecule has 1 fully saturated rings. The van der Waals surface area contributed by atoms with E-state index in [2.05, 4.69) is 25.9 Å². The number of hydrogen-bond donors (Lipinski definition) is 4. The summed E-state index contributed by atoms with van der Waals surface area (Å²) in [4.78, 5) is 19.3. The van der Waals surface area contributed by atoms with E-state index in [9.17, 15) is 15.0 Å². The summed E-state index contributed by atoms with van der Waals surface area (Å²) >= 11 is 3.45. The number of halogens is 1. The first kappa shape index (κ1) is 17.9. The molecular formula is C18H17BrN4O4. The zero-order valence-corrected chi connectivity index (χ0v) is 15.6. The van der Waals surface area contributed by atoms with Gasteiger partial charge in [-0.3, -0.25) is 0 Å². The molecule has 4 atom stereocenters. The van der Waals surface area contributed by atoms with Crippen LogP contribution in [0.2, 0.25) is 0 Å². The van der Waals surface area contributed by atoms with Gasteiger partial charge in [0.15, 0.2) is 0 Å². The number of aliphatic hydroxyl groups excluding tert-OH is 2. The maximum Gasteiger partial charge on any atom is 0.335 e. The van der Waals surface area contributed by atoms with Crippen molar-refractivity contribution in [3.05, 3.63) is 52.4 Å². The minimum atomic E-state index is -1.01. The first-order valence-electron chi connectivity index (χ1n) is 8.34. The SMILES string of the molecule is Nc1ncnc2c1c(Br)cn2[C@H]1C[C@@H](c2ccc(C(=O)O)cc2)[C@H](O)[C@@H]1O. The molecule has 8 nitrogen and oxygen atoms in total. The Morgan fingerprint density at radius 1 is 1.19 bits per heavy atom. The molecule has 0 amide bonds. The zero-order valence-electron chi connectivity index (χ0n) is 14.0. The highest BCUT2D eigenvalue weighted by Crippen LogP contribution is 2.44. The van der Waals surface area contributed by atoms with E-state index in [1.54, 1.807) is 22.9 Å². The van der Waals surface area contributed by atoms with E-state index in [0.29, 0.717) is 27.7 Å². The largest absolute Gasteiger partial charge is 0.478 e. The Morgan fingerprint density at radius 3 is 2.56 bits per heavy atom. The van der Waals surface area contributed by atoms with E-state index in [1.807, 2.05) is 0 Å². The lowest BCUT2D eigenvalue weighted by molar-refractivity contribution is 0.0179. The number of aromatic nitrogens is 3. The van der Waals surface area contributed by atoms with Gasteiger partial charge >= 0.3 is 5.97 Å². The summed E-state index contributed by atoms with van der Waals surface area (Å²) in [5, 5.41) is 31.0. The molecule has 4 rings (SSSR count). The second-order valence-electron chi connectivity index (χ2n) is 6.66. The lowest BCUT2D eigenvalue weighted by Crippen LogP contribution is -2.28. The monoisotopic (exact) mass is 432 g/mol. The minimum Gasteiger partial charge on any atom is -0.478 e. The van der Waals surface area contributed by atoms with Crippen LogP contribution < -0.4 is 5.73 Å². The molecule has 0 unspecified atom stereocenters. The number of carbonyl (C=O) groups is 1. The summed E-state index contributed by atoms with van der Waals surface area (Å²) < 4.78 is 2.52. The number of fused-ring (bicyclic) bond motifs is 1. The van der Waals surface area contributed by atoms with E-state index in [0.717, 1.165) is 5.56 Å². The van der Waals surface area contributed by atoms with E-state index in [1.165, 1.54) is 18.5 Å². The fourth-order valence-electron chi connectivity index (χ4n) is 3.80. The van der Waals surface area contributed by atoms with Crippen molar-refractivity contribution in [2.45, 2.75) is 30.6 Å². The summed E-state index contributed by atoms with van der Waals surface area (Å²) in [6, 6.07) is 5.94. The molecular weight excluding hydrogens is 416 g/mol. The Bertz CT molecular complexity index is 1020. The number of aromatic carboxylic acids is 1. The van der Waals surface area contributed by atoms with Crippen molar-refractivity contribution >= 4 is 38.8 Å². The highest BCUT2D eigenvalue weighted by atomic mass is 79.9. The molecule has 5 N–H and O–H groups in total. The summed E-state index contributed by atoms with van der Waals surface area (Å²) in [6.07, 6.45) is 1.62. The Labute approximate surface area is 162 Å². The third-order valence-corrected chi connectivity index (χ3v) is 5.79. The van der Waals surface area contributed by atoms with Crippen LogP contribution in [0.5, 0.6) is 0 Å². The van der Waals surface area contributed by atoms with Crippen LogP contribution in [0.15, 0.2) is 41.3 Å². The van der Waals surface area contributed by atoms with Crippen LogP contribution in [0.1, 0.15) is 34.3 Å². The maximum atomic E-state index is 11.0. The van der Waals surface area contributed by atoms with Gasteiger partial charge in [-0.15, -0.1) is 0 Å². The molecule has 0 aliphatic heterocycles. The first-order chi connectivity index (χ1) is 12.9. The topological polar surface area (TPSA) is 134 Å². The second kappa shape index (κ2) is 6.59. The van der Waals surface area contributed by atoms with Gasteiger partial charge in [-0.25, -0.2) is 14.8 Å². The predicted molar refractivity (Wildman–Crippen MR) is 101 cm³/mol. The normalized spacial score (nSPS) is 25.1. The van der Waals surface area contributed by atoms with E-state index < -0.39 is 24.2 Å². The Morgan fingerprint density at radius 2 is 1.89 bits per heavy atom. The summed E-state index contributed by atoms with van der Waals surface area (Å²) in [5.41, 5.74) is 7.46. The number of carboxylic acid groups (broad SMARTS) is 1. The van der Waals surface area contributed by atoms with E-state index in [4.69, 9.17) is 10.8 Å². The van der Waals surface area contributed by atoms with Gasteiger partial charge in [0.2, 0.25) is 0 Å². The quantitative estimate of drug-likeness (QED) is 0.496. The van der Waals surface area contributed by atoms with Crippen molar-refractivity contribution in [3.63, 3.8) is 0 Å². The molecule has 1 aliphatic carbocycles. The van der Waals surface area contributed by atoms with Gasteiger partial charge in [0.25, 0.3) is 0 Å². The third kappa shape index (κ3) is 2.88. The van der Waals surface area contributed by atoms with Crippen molar-refractivity contribution in [3.8, 4) is 0 Å². The van der Waals surface area contributed by atoms with Crippen LogP contribution in [0.25, 0.3) is 11.0 Å². The number of aliphatic hydroxyl groups is 2. The Hall–Kier alpha value is -2.49. The Kier molecular flexibility index (Phi) is 4.37. The van der Waals surface area contributed by atoms with Gasteiger partial charge in [0.1, 0.15) is 23.9 Å². The molecule has 0 bridgehead atoms. The number of nitrogens with two attached hydrogens (primary N) is 1. The molecule has 9 heteroatoms. The van der Waals surface area contributed by atoms with Gasteiger partial charge in [-0.05, 0) is 40.0 Å². The van der Waals surface area contributed by atoms with Crippen molar-refractivity contribution < 1.29 is 20.1 Å². The summed E-state index contributed by atoms with van der Waals surface area (Å²) in [6.45, 7) is 0. The molecule has 0 spiro atoms. The van der Waals surface area contributed by atoms with Gasteiger partial charge in [-0.2, -0.15) is 0 Å². The number of benzene rings is 1. The van der Waals surface area contributed by atoms with Crippen molar-refractivity contribution in [1.82, 2.24) is 14.5 Å². The van der Waals surface area contributed by atoms with Crippen LogP contribution in [-0.4, -0.2) is 48.0 Å². The molecule has 2 aromatic heterocycles. The van der Waals surface area contributed by atoms with Gasteiger partial charge in [-0.1, -0.05) is 12.1 Å². The molecule has 1 saturated carbocycles. The molecule has 140 valence electrons. The second-order valence-corrected chi connectivity index (χ2v) is 7.51. The molecule has 27 heavy (non-hydrogen) atoms. The first-order valence-corrected chi connectivity index (χ1v) is 9.13. The number of anilines is 1. The van der Waals surface area contributed by atoms with Crippen LogP contribution >= 0.6 is 15.9 Å². The smallest absolute Gasteiger partial charge is 0.335 e. The number of carboxylic acids is 1. The summed E-state index contributed by atoms with van der Waals surface area (Å²) in [7, 11) is 0. The van der Waals surface area contributed by atoms with Crippen molar-refractivity contribution in [2.24, 2.45) is 0 Å². The number of nitrogens with zero attached hydrogens (tertiary/aromatic N) is 3. The maximum absolute atomic E-state index is 11.0. The fourth-order valence-corrected chi connectivity index (χ4v) is 4.40. The predicted octanol–water partition coefficient (Wildman–Crippen LogP) is 1.92. The summed E-state index contributed by atoms with van der Waals surface area (Å²) in [5.74, 6) is -1.00. The Balaban J connectivity index is 1.70. The molecule has 0 radical (unpaired) electrons. The third-order valence-electron chi connectivity index (χ3n) is 5.19.